The van der Waals surface area contributed by atoms with Gasteiger partial charge in [-0.3, -0.25) is 9.59 Å². The van der Waals surface area contributed by atoms with Gasteiger partial charge in [0.25, 0.3) is 5.91 Å². The van der Waals surface area contributed by atoms with Crippen molar-refractivity contribution in [2.24, 2.45) is 0 Å². The van der Waals surface area contributed by atoms with Gasteiger partial charge >= 0.3 is 0 Å². The molecule has 0 aliphatic carbocycles. The van der Waals surface area contributed by atoms with Crippen molar-refractivity contribution in [2.45, 2.75) is 5.92 Å². The Balaban J connectivity index is 2.16. The Bertz CT molecular complexity index is 468. The van der Waals surface area contributed by atoms with Crippen LogP contribution in [0.5, 0.6) is 0 Å². The van der Waals surface area contributed by atoms with Gasteiger partial charge in [0, 0.05) is 24.6 Å². The van der Waals surface area contributed by atoms with Gasteiger partial charge in [-0.2, -0.15) is 0 Å². The highest BCUT2D eigenvalue weighted by atomic mass is 16.2. The molecule has 4 heteroatoms. The van der Waals surface area contributed by atoms with Crippen LogP contribution in [0.25, 0.3) is 0 Å². The molecule has 1 aromatic carbocycles. The van der Waals surface area contributed by atoms with Crippen LogP contribution < -0.4 is 10.6 Å². The lowest BCUT2D eigenvalue weighted by Gasteiger charge is -2.25. The van der Waals surface area contributed by atoms with Crippen molar-refractivity contribution in [3.63, 3.8) is 0 Å². The fourth-order valence-corrected chi connectivity index (χ4v) is 1.96. The van der Waals surface area contributed by atoms with Gasteiger partial charge in [0.15, 0.2) is 0 Å². The fraction of sp³-hybridized carbons (Fsp3) is 0.231. The zero-order valence-electron chi connectivity index (χ0n) is 9.40. The minimum atomic E-state index is -0.195. The van der Waals surface area contributed by atoms with E-state index in [0.29, 0.717) is 18.7 Å². The van der Waals surface area contributed by atoms with Gasteiger partial charge in [0.1, 0.15) is 0 Å². The maximum Gasteiger partial charge on any atom is 0.251 e. The van der Waals surface area contributed by atoms with E-state index in [0.717, 1.165) is 5.56 Å². The number of amides is 2. The van der Waals surface area contributed by atoms with Crippen molar-refractivity contribution in [2.75, 3.05) is 13.1 Å². The monoisotopic (exact) mass is 230 g/mol. The molecule has 0 radical (unpaired) electrons. The summed E-state index contributed by atoms with van der Waals surface area (Å²) in [6.07, 6.45) is 1.24. The molecule has 2 amide bonds. The Morgan fingerprint density at radius 2 is 2.29 bits per heavy atom. The zero-order valence-corrected chi connectivity index (χ0v) is 9.40. The molecule has 1 atom stereocenters. The van der Waals surface area contributed by atoms with Gasteiger partial charge in [0.05, 0.1) is 0 Å². The van der Waals surface area contributed by atoms with E-state index in [1.165, 1.54) is 6.08 Å². The summed E-state index contributed by atoms with van der Waals surface area (Å²) in [6.45, 7) is 4.45. The molecule has 17 heavy (non-hydrogen) atoms. The van der Waals surface area contributed by atoms with Crippen LogP contribution in [0.2, 0.25) is 0 Å². The molecule has 2 rings (SSSR count). The lowest BCUT2D eigenvalue weighted by Crippen LogP contribution is -2.39. The Labute approximate surface area is 99.7 Å². The second-order valence-corrected chi connectivity index (χ2v) is 3.94. The minimum absolute atomic E-state index is 0.0492. The molecule has 0 fully saturated rings. The third-order valence-electron chi connectivity index (χ3n) is 2.86. The predicted molar refractivity (Wildman–Crippen MR) is 64.7 cm³/mol. The Hall–Kier alpha value is -2.10. The average Bonchev–Trinajstić information content (AvgIpc) is 2.38. The topological polar surface area (TPSA) is 58.2 Å². The molecule has 2 N–H and O–H groups in total. The summed E-state index contributed by atoms with van der Waals surface area (Å²) in [5, 5.41) is 5.56. The van der Waals surface area contributed by atoms with Crippen molar-refractivity contribution in [1.82, 2.24) is 10.6 Å². The van der Waals surface area contributed by atoms with Crippen LogP contribution in [0.15, 0.2) is 36.9 Å². The van der Waals surface area contributed by atoms with Crippen LogP contribution in [0, 0.1) is 0 Å². The number of carbonyl (C=O) groups is 2. The zero-order chi connectivity index (χ0) is 12.3. The molecular formula is C13H14N2O2. The third kappa shape index (κ3) is 2.36. The summed E-state index contributed by atoms with van der Waals surface area (Å²) in [6, 6.07) is 7.47. The van der Waals surface area contributed by atoms with E-state index in [2.05, 4.69) is 17.2 Å². The smallest absolute Gasteiger partial charge is 0.251 e. The first-order valence-electron chi connectivity index (χ1n) is 5.49. The summed E-state index contributed by atoms with van der Waals surface area (Å²) in [7, 11) is 0. The SMILES string of the molecule is C=CC(=O)NCC1CNC(=O)c2ccccc21. The van der Waals surface area contributed by atoms with E-state index in [-0.39, 0.29) is 17.7 Å². The van der Waals surface area contributed by atoms with E-state index in [4.69, 9.17) is 0 Å². The highest BCUT2D eigenvalue weighted by Crippen LogP contribution is 2.22. The molecule has 1 aromatic rings. The van der Waals surface area contributed by atoms with Crippen molar-refractivity contribution in [3.8, 4) is 0 Å². The number of hydrogen-bond donors (Lipinski definition) is 2. The second-order valence-electron chi connectivity index (χ2n) is 3.94. The number of fused-ring (bicyclic) bond motifs is 1. The number of hydrogen-bond acceptors (Lipinski definition) is 2. The number of carbonyl (C=O) groups excluding carboxylic acids is 2. The van der Waals surface area contributed by atoms with E-state index in [1.807, 2.05) is 18.2 Å². The number of nitrogens with one attached hydrogen (secondary N) is 2. The molecule has 0 spiro atoms. The molecule has 0 bridgehead atoms. The fourth-order valence-electron chi connectivity index (χ4n) is 1.96. The highest BCUT2D eigenvalue weighted by molar-refractivity contribution is 5.97. The molecule has 0 saturated heterocycles. The summed E-state index contributed by atoms with van der Waals surface area (Å²) in [4.78, 5) is 22.7. The van der Waals surface area contributed by atoms with Crippen molar-refractivity contribution < 1.29 is 9.59 Å². The Kier molecular flexibility index (Phi) is 3.23. The first-order valence-corrected chi connectivity index (χ1v) is 5.49. The standard InChI is InChI=1S/C13H14N2O2/c1-2-12(16)14-7-9-8-15-13(17)11-6-4-3-5-10(9)11/h2-6,9H,1,7-8H2,(H,14,16)(H,15,17). The van der Waals surface area contributed by atoms with Crippen LogP contribution in [-0.4, -0.2) is 24.9 Å². The van der Waals surface area contributed by atoms with Gasteiger partial charge in [-0.25, -0.2) is 0 Å². The second kappa shape index (κ2) is 4.82. The highest BCUT2D eigenvalue weighted by Gasteiger charge is 2.24. The summed E-state index contributed by atoms with van der Waals surface area (Å²) in [5.41, 5.74) is 1.68. The molecule has 0 saturated carbocycles. The van der Waals surface area contributed by atoms with E-state index >= 15 is 0 Å². The van der Waals surface area contributed by atoms with E-state index in [9.17, 15) is 9.59 Å². The summed E-state index contributed by atoms with van der Waals surface area (Å²) < 4.78 is 0. The lowest BCUT2D eigenvalue weighted by atomic mass is 9.90. The van der Waals surface area contributed by atoms with E-state index < -0.39 is 0 Å². The maximum absolute atomic E-state index is 11.6. The molecule has 0 aromatic heterocycles. The normalized spacial score (nSPS) is 17.9. The number of benzene rings is 1. The van der Waals surface area contributed by atoms with Gasteiger partial charge in [-0.05, 0) is 17.7 Å². The van der Waals surface area contributed by atoms with Crippen molar-refractivity contribution in [3.05, 3.63) is 48.0 Å². The van der Waals surface area contributed by atoms with Crippen LogP contribution >= 0.6 is 0 Å². The Morgan fingerprint density at radius 3 is 3.06 bits per heavy atom. The van der Waals surface area contributed by atoms with E-state index in [1.54, 1.807) is 6.07 Å². The van der Waals surface area contributed by atoms with Gasteiger partial charge in [0.2, 0.25) is 5.91 Å². The van der Waals surface area contributed by atoms with Crippen LogP contribution in [0.3, 0.4) is 0 Å². The van der Waals surface area contributed by atoms with Crippen LogP contribution in [0.1, 0.15) is 21.8 Å². The molecule has 1 unspecified atom stereocenters. The van der Waals surface area contributed by atoms with Gasteiger partial charge in [-0.15, -0.1) is 0 Å². The van der Waals surface area contributed by atoms with Crippen LogP contribution in [0.4, 0.5) is 0 Å². The quantitative estimate of drug-likeness (QED) is 0.755. The molecular weight excluding hydrogens is 216 g/mol. The Morgan fingerprint density at radius 1 is 1.53 bits per heavy atom. The number of rotatable bonds is 3. The minimum Gasteiger partial charge on any atom is -0.352 e. The molecule has 1 aliphatic heterocycles. The van der Waals surface area contributed by atoms with Gasteiger partial charge < -0.3 is 10.6 Å². The summed E-state index contributed by atoms with van der Waals surface area (Å²) >= 11 is 0. The van der Waals surface area contributed by atoms with Crippen LogP contribution in [-0.2, 0) is 4.79 Å². The molecule has 1 heterocycles. The van der Waals surface area contributed by atoms with Gasteiger partial charge in [-0.1, -0.05) is 24.8 Å². The van der Waals surface area contributed by atoms with Crippen molar-refractivity contribution >= 4 is 11.8 Å². The maximum atomic E-state index is 11.6. The largest absolute Gasteiger partial charge is 0.352 e. The third-order valence-corrected chi connectivity index (χ3v) is 2.86. The summed E-state index contributed by atoms with van der Waals surface area (Å²) in [5.74, 6) is -0.126. The molecule has 4 nitrogen and oxygen atoms in total. The molecule has 88 valence electrons. The van der Waals surface area contributed by atoms with Crippen molar-refractivity contribution in [1.29, 1.82) is 0 Å². The first kappa shape index (κ1) is 11.4. The first-order chi connectivity index (χ1) is 8.22. The molecule has 1 aliphatic rings. The lowest BCUT2D eigenvalue weighted by molar-refractivity contribution is -0.116. The predicted octanol–water partition coefficient (Wildman–Crippen LogP) is 0.816. The average molecular weight is 230 g/mol.